The number of allylic oxidation sites excluding steroid dienone is 21. The van der Waals surface area contributed by atoms with Crippen molar-refractivity contribution in [2.45, 2.75) is 276 Å². The SMILES string of the molecule is CC/C=C\C/C=C\C/C=C\C/C=C\C/C=C\C/C=C\C/C=C\C/C=C\CCCCCCCCCCCCCCCCC(=O)NC(COP(=O)(O)OCC[N+](C)(C)C)C(O)/C=C/CC/C=C/CC/C=C/CCCCCCCCCCCC. The molecular formula is C72H126N2O6P+. The zero-order valence-electron chi connectivity index (χ0n) is 53.0. The van der Waals surface area contributed by atoms with Crippen LogP contribution >= 0.6 is 7.82 Å². The topological polar surface area (TPSA) is 105 Å². The van der Waals surface area contributed by atoms with E-state index >= 15 is 0 Å². The normalized spacial score (nSPS) is 14.6. The van der Waals surface area contributed by atoms with Gasteiger partial charge in [-0.3, -0.25) is 13.8 Å². The van der Waals surface area contributed by atoms with Gasteiger partial charge in [-0.15, -0.1) is 0 Å². The van der Waals surface area contributed by atoms with Crippen LogP contribution in [0.2, 0.25) is 0 Å². The predicted molar refractivity (Wildman–Crippen MR) is 355 cm³/mol. The second-order valence-corrected chi connectivity index (χ2v) is 24.5. The molecule has 0 aliphatic heterocycles. The van der Waals surface area contributed by atoms with Crippen molar-refractivity contribution in [1.29, 1.82) is 0 Å². The largest absolute Gasteiger partial charge is 0.472 e. The number of nitrogens with one attached hydrogen (secondary N) is 1. The van der Waals surface area contributed by atoms with Crippen LogP contribution in [-0.4, -0.2) is 73.4 Å². The Bertz CT molecular complexity index is 1780. The number of hydrogen-bond donors (Lipinski definition) is 3. The molecule has 3 N–H and O–H groups in total. The Balaban J connectivity index is 4.12. The van der Waals surface area contributed by atoms with E-state index in [4.69, 9.17) is 9.05 Å². The van der Waals surface area contributed by atoms with Crippen molar-refractivity contribution in [2.24, 2.45) is 0 Å². The van der Waals surface area contributed by atoms with Crippen LogP contribution in [-0.2, 0) is 18.4 Å². The first-order chi connectivity index (χ1) is 39.5. The third kappa shape index (κ3) is 64.1. The van der Waals surface area contributed by atoms with Gasteiger partial charge in [0.15, 0.2) is 0 Å². The minimum atomic E-state index is -4.37. The Hall–Kier alpha value is -3.36. The summed E-state index contributed by atoms with van der Waals surface area (Å²) < 4.78 is 23.7. The van der Waals surface area contributed by atoms with Crippen LogP contribution in [0, 0.1) is 0 Å². The number of unbranched alkanes of at least 4 members (excludes halogenated alkanes) is 26. The number of quaternary nitrogens is 1. The van der Waals surface area contributed by atoms with Gasteiger partial charge in [0, 0.05) is 6.42 Å². The zero-order valence-corrected chi connectivity index (χ0v) is 53.9. The highest BCUT2D eigenvalue weighted by Crippen LogP contribution is 2.43. The van der Waals surface area contributed by atoms with Gasteiger partial charge in [0.25, 0.3) is 0 Å². The number of carbonyl (C=O) groups is 1. The summed E-state index contributed by atoms with van der Waals surface area (Å²) in [6.45, 7) is 4.67. The Morgan fingerprint density at radius 1 is 0.432 bits per heavy atom. The van der Waals surface area contributed by atoms with Crippen molar-refractivity contribution in [1.82, 2.24) is 5.32 Å². The number of aliphatic hydroxyl groups is 1. The van der Waals surface area contributed by atoms with Gasteiger partial charge in [0.05, 0.1) is 39.9 Å². The molecular weight excluding hydrogens is 1020 g/mol. The first kappa shape index (κ1) is 77.6. The molecule has 0 heterocycles. The predicted octanol–water partition coefficient (Wildman–Crippen LogP) is 21.0. The number of hydrogen-bond acceptors (Lipinski definition) is 5. The van der Waals surface area contributed by atoms with E-state index in [1.54, 1.807) is 6.08 Å². The summed E-state index contributed by atoms with van der Waals surface area (Å²) in [4.78, 5) is 23.4. The quantitative estimate of drug-likeness (QED) is 0.0243. The number of rotatable bonds is 59. The molecule has 0 aliphatic rings. The molecule has 1 amide bonds. The number of amides is 1. The highest BCUT2D eigenvalue weighted by atomic mass is 31.2. The summed E-state index contributed by atoms with van der Waals surface area (Å²) in [7, 11) is 1.54. The lowest BCUT2D eigenvalue weighted by Crippen LogP contribution is -2.45. The van der Waals surface area contributed by atoms with Crippen LogP contribution in [0.3, 0.4) is 0 Å². The molecule has 0 aromatic rings. The number of likely N-dealkylation sites (N-methyl/N-ethyl adjacent to an activating group) is 1. The van der Waals surface area contributed by atoms with Gasteiger partial charge in [0.1, 0.15) is 13.2 Å². The zero-order chi connectivity index (χ0) is 59.1. The Labute approximate surface area is 500 Å². The summed E-state index contributed by atoms with van der Waals surface area (Å²) in [6, 6.07) is -0.879. The summed E-state index contributed by atoms with van der Waals surface area (Å²) in [5, 5.41) is 13.9. The van der Waals surface area contributed by atoms with Gasteiger partial charge < -0.3 is 19.8 Å². The summed E-state index contributed by atoms with van der Waals surface area (Å²) >= 11 is 0. The lowest BCUT2D eigenvalue weighted by atomic mass is 10.0. The maximum absolute atomic E-state index is 13.0. The molecule has 3 unspecified atom stereocenters. The maximum Gasteiger partial charge on any atom is 0.472 e. The number of aliphatic hydroxyl groups excluding tert-OH is 1. The van der Waals surface area contributed by atoms with Crippen LogP contribution in [0.25, 0.3) is 0 Å². The molecule has 0 aromatic carbocycles. The second kappa shape index (κ2) is 61.2. The highest BCUT2D eigenvalue weighted by Gasteiger charge is 2.27. The number of nitrogens with zero attached hydrogens (tertiary/aromatic N) is 1. The van der Waals surface area contributed by atoms with Gasteiger partial charge in [-0.2, -0.15) is 0 Å². The van der Waals surface area contributed by atoms with E-state index in [0.29, 0.717) is 17.4 Å². The monoisotopic (exact) mass is 1150 g/mol. The first-order valence-corrected chi connectivity index (χ1v) is 34.6. The fourth-order valence-electron chi connectivity index (χ4n) is 8.97. The molecule has 0 fully saturated rings. The standard InChI is InChI=1S/C72H125N2O6P/c1-6-8-10-12-14-16-18-20-22-24-26-28-29-30-31-32-33-34-35-36-37-38-39-40-41-42-43-44-45-46-48-50-52-54-56-58-60-62-64-66-72(76)73-70(69-80-81(77,78)79-68-67-74(3,4)5)71(75)65-63-61-59-57-55-53-51-49-47-27-25-23-21-19-17-15-13-11-9-7-2/h8,10,14,16,20,22,26,28,30-31,33-34,36-37,39-40,47,49,55,57,63,65,70-71,75H,6-7,9,11-13,15,17-19,21,23-25,27,29,32,35,38,41-46,48,50-54,56,58-62,64,66-69H2,1-5H3,(H-,73,76,77,78)/p+1/b10-8-,16-14-,22-20-,28-26-,31-30-,34-33-,37-36-,40-39-,49-47+,57-55+,65-63+. The van der Waals surface area contributed by atoms with Crippen molar-refractivity contribution in [3.8, 4) is 0 Å². The summed E-state index contributed by atoms with van der Waals surface area (Å²) in [5.74, 6) is -0.195. The van der Waals surface area contributed by atoms with E-state index in [-0.39, 0.29) is 19.1 Å². The van der Waals surface area contributed by atoms with E-state index < -0.39 is 20.0 Å². The van der Waals surface area contributed by atoms with E-state index in [2.05, 4.69) is 141 Å². The molecule has 0 saturated carbocycles. The number of phosphoric acid groups is 1. The van der Waals surface area contributed by atoms with Crippen molar-refractivity contribution < 1.29 is 32.9 Å². The molecule has 0 aromatic heterocycles. The summed E-state index contributed by atoms with van der Waals surface area (Å²) in [5.41, 5.74) is 0. The van der Waals surface area contributed by atoms with Crippen LogP contribution in [0.15, 0.2) is 134 Å². The van der Waals surface area contributed by atoms with Crippen molar-refractivity contribution in [3.05, 3.63) is 134 Å². The Kier molecular flexibility index (Phi) is 58.7. The molecule has 9 heteroatoms. The van der Waals surface area contributed by atoms with Gasteiger partial charge in [0.2, 0.25) is 5.91 Å². The molecule has 81 heavy (non-hydrogen) atoms. The minimum absolute atomic E-state index is 0.0484. The Morgan fingerprint density at radius 3 is 1.14 bits per heavy atom. The molecule has 8 nitrogen and oxygen atoms in total. The first-order valence-electron chi connectivity index (χ1n) is 33.1. The number of phosphoric ester groups is 1. The molecule has 3 atom stereocenters. The van der Waals surface area contributed by atoms with E-state index in [1.807, 2.05) is 27.2 Å². The van der Waals surface area contributed by atoms with Gasteiger partial charge in [-0.05, 0) is 109 Å². The van der Waals surface area contributed by atoms with Crippen LogP contribution in [0.4, 0.5) is 0 Å². The van der Waals surface area contributed by atoms with Crippen LogP contribution in [0.1, 0.15) is 264 Å². The highest BCUT2D eigenvalue weighted by molar-refractivity contribution is 7.47. The number of carbonyl (C=O) groups excluding carboxylic acids is 1. The maximum atomic E-state index is 13.0. The molecule has 0 saturated heterocycles. The molecule has 0 bridgehead atoms. The van der Waals surface area contributed by atoms with Crippen molar-refractivity contribution in [2.75, 3.05) is 40.9 Å². The van der Waals surface area contributed by atoms with Crippen molar-refractivity contribution >= 4 is 13.7 Å². The van der Waals surface area contributed by atoms with Crippen LogP contribution in [0.5, 0.6) is 0 Å². The van der Waals surface area contributed by atoms with Gasteiger partial charge in [-0.25, -0.2) is 4.57 Å². The van der Waals surface area contributed by atoms with E-state index in [1.165, 1.54) is 148 Å². The fourth-order valence-corrected chi connectivity index (χ4v) is 9.71. The molecule has 0 aliphatic carbocycles. The fraction of sp³-hybridized carbons (Fsp3) is 0.681. The van der Waals surface area contributed by atoms with Gasteiger partial charge >= 0.3 is 7.82 Å². The van der Waals surface area contributed by atoms with Crippen LogP contribution < -0.4 is 5.32 Å². The van der Waals surface area contributed by atoms with Crippen molar-refractivity contribution in [3.63, 3.8) is 0 Å². The molecule has 464 valence electrons. The average molecular weight is 1150 g/mol. The lowest BCUT2D eigenvalue weighted by Gasteiger charge is -2.25. The minimum Gasteiger partial charge on any atom is -0.387 e. The van der Waals surface area contributed by atoms with E-state index in [9.17, 15) is 19.4 Å². The lowest BCUT2D eigenvalue weighted by molar-refractivity contribution is -0.870. The van der Waals surface area contributed by atoms with E-state index in [0.717, 1.165) is 96.3 Å². The molecule has 0 spiro atoms. The third-order valence-electron chi connectivity index (χ3n) is 14.1. The summed E-state index contributed by atoms with van der Waals surface area (Å²) in [6.07, 6.45) is 93.0. The third-order valence-corrected chi connectivity index (χ3v) is 15.1. The Morgan fingerprint density at radius 2 is 0.753 bits per heavy atom. The second-order valence-electron chi connectivity index (χ2n) is 23.1. The average Bonchev–Trinajstić information content (AvgIpc) is 3.43. The van der Waals surface area contributed by atoms with Gasteiger partial charge in [-0.1, -0.05) is 282 Å². The molecule has 0 radical (unpaired) electrons. The molecule has 0 rings (SSSR count). The smallest absolute Gasteiger partial charge is 0.387 e.